The van der Waals surface area contributed by atoms with Gasteiger partial charge in [0.1, 0.15) is 0 Å². The summed E-state index contributed by atoms with van der Waals surface area (Å²) in [7, 11) is 0. The van der Waals surface area contributed by atoms with Crippen molar-refractivity contribution in [2.45, 2.75) is 13.3 Å². The molecule has 0 spiro atoms. The van der Waals surface area contributed by atoms with Gasteiger partial charge in [-0.15, -0.1) is 11.3 Å². The van der Waals surface area contributed by atoms with Gasteiger partial charge in [-0.2, -0.15) is 0 Å². The van der Waals surface area contributed by atoms with Crippen molar-refractivity contribution < 1.29 is 4.74 Å². The predicted octanol–water partition coefficient (Wildman–Crippen LogP) is 2.97. The van der Waals surface area contributed by atoms with Gasteiger partial charge >= 0.3 is 0 Å². The molecular formula is C13H16N2OS. The Labute approximate surface area is 105 Å². The fraction of sp³-hybridized carbons (Fsp3) is 0.308. The lowest BCUT2D eigenvalue weighted by Gasteiger charge is -1.99. The third-order valence-corrected chi connectivity index (χ3v) is 3.31. The van der Waals surface area contributed by atoms with Crippen LogP contribution in [0.25, 0.3) is 11.3 Å². The van der Waals surface area contributed by atoms with Gasteiger partial charge in [0, 0.05) is 29.7 Å². The average Bonchev–Trinajstić information content (AvgIpc) is 2.78. The number of anilines is 1. The maximum absolute atomic E-state index is 5.76. The van der Waals surface area contributed by atoms with Crippen LogP contribution in [0.5, 0.6) is 0 Å². The molecule has 90 valence electrons. The highest BCUT2D eigenvalue weighted by molar-refractivity contribution is 7.09. The van der Waals surface area contributed by atoms with Gasteiger partial charge in [-0.1, -0.05) is 12.1 Å². The van der Waals surface area contributed by atoms with E-state index in [0.29, 0.717) is 0 Å². The lowest BCUT2D eigenvalue weighted by Crippen LogP contribution is -1.97. The number of nitrogen functional groups attached to an aromatic ring is 1. The molecule has 0 radical (unpaired) electrons. The summed E-state index contributed by atoms with van der Waals surface area (Å²) in [5, 5.41) is 3.17. The highest BCUT2D eigenvalue weighted by Gasteiger charge is 2.04. The molecule has 0 atom stereocenters. The van der Waals surface area contributed by atoms with E-state index < -0.39 is 0 Å². The number of nitrogens with zero attached hydrogens (tertiary/aromatic N) is 1. The number of thiazole rings is 1. The van der Waals surface area contributed by atoms with Crippen LogP contribution in [0.2, 0.25) is 0 Å². The summed E-state index contributed by atoms with van der Waals surface area (Å²) in [6.45, 7) is 3.49. The Hall–Kier alpha value is -1.39. The van der Waals surface area contributed by atoms with E-state index >= 15 is 0 Å². The van der Waals surface area contributed by atoms with Gasteiger partial charge in [0.15, 0.2) is 0 Å². The van der Waals surface area contributed by atoms with Gasteiger partial charge in [-0.25, -0.2) is 4.98 Å². The van der Waals surface area contributed by atoms with Crippen molar-refractivity contribution in [3.63, 3.8) is 0 Å². The van der Waals surface area contributed by atoms with Crippen molar-refractivity contribution in [3.8, 4) is 11.3 Å². The van der Waals surface area contributed by atoms with E-state index in [0.717, 1.165) is 41.6 Å². The van der Waals surface area contributed by atoms with Crippen molar-refractivity contribution in [1.82, 2.24) is 4.98 Å². The quantitative estimate of drug-likeness (QED) is 0.653. The second-order valence-corrected chi connectivity index (χ2v) is 4.64. The standard InChI is InChI=1S/C13H16N2OS/c1-2-16-7-6-13-15-12(9-17-13)10-4-3-5-11(14)8-10/h3-5,8-9H,2,6-7,14H2,1H3. The van der Waals surface area contributed by atoms with E-state index in [1.165, 1.54) is 0 Å². The normalized spacial score (nSPS) is 10.6. The first kappa shape index (κ1) is 12.1. The van der Waals surface area contributed by atoms with Crippen molar-refractivity contribution in [2.75, 3.05) is 18.9 Å². The number of benzene rings is 1. The summed E-state index contributed by atoms with van der Waals surface area (Å²) in [4.78, 5) is 4.58. The van der Waals surface area contributed by atoms with Crippen LogP contribution in [0.4, 0.5) is 5.69 Å². The number of nitrogens with two attached hydrogens (primary N) is 1. The first-order chi connectivity index (χ1) is 8.29. The van der Waals surface area contributed by atoms with Crippen molar-refractivity contribution >= 4 is 17.0 Å². The van der Waals surface area contributed by atoms with Crippen LogP contribution in [-0.2, 0) is 11.2 Å². The Morgan fingerprint density at radius 2 is 2.29 bits per heavy atom. The smallest absolute Gasteiger partial charge is 0.0955 e. The van der Waals surface area contributed by atoms with Crippen LogP contribution in [0, 0.1) is 0 Å². The SMILES string of the molecule is CCOCCc1nc(-c2cccc(N)c2)cs1. The summed E-state index contributed by atoms with van der Waals surface area (Å²) in [6.07, 6.45) is 0.876. The second-order valence-electron chi connectivity index (χ2n) is 3.70. The van der Waals surface area contributed by atoms with Crippen LogP contribution < -0.4 is 5.73 Å². The molecule has 0 aliphatic rings. The Kier molecular flexibility index (Phi) is 4.12. The summed E-state index contributed by atoms with van der Waals surface area (Å²) in [5.74, 6) is 0. The fourth-order valence-corrected chi connectivity index (χ4v) is 2.35. The number of ether oxygens (including phenoxy) is 1. The van der Waals surface area contributed by atoms with Gasteiger partial charge in [0.05, 0.1) is 17.3 Å². The third kappa shape index (κ3) is 3.28. The molecule has 1 aromatic heterocycles. The Bertz CT molecular complexity index is 482. The van der Waals surface area contributed by atoms with E-state index in [-0.39, 0.29) is 0 Å². The molecule has 0 saturated carbocycles. The highest BCUT2D eigenvalue weighted by Crippen LogP contribution is 2.23. The van der Waals surface area contributed by atoms with Gasteiger partial charge < -0.3 is 10.5 Å². The molecule has 0 amide bonds. The summed E-state index contributed by atoms with van der Waals surface area (Å²) >= 11 is 1.67. The predicted molar refractivity (Wildman–Crippen MR) is 72.2 cm³/mol. The largest absolute Gasteiger partial charge is 0.399 e. The first-order valence-corrected chi connectivity index (χ1v) is 6.55. The minimum atomic E-state index is 0.736. The molecule has 2 rings (SSSR count). The molecule has 0 bridgehead atoms. The second kappa shape index (κ2) is 5.80. The Morgan fingerprint density at radius 1 is 1.41 bits per heavy atom. The average molecular weight is 248 g/mol. The minimum absolute atomic E-state index is 0.736. The molecule has 3 nitrogen and oxygen atoms in total. The fourth-order valence-electron chi connectivity index (χ4n) is 1.56. The van der Waals surface area contributed by atoms with E-state index in [1.807, 2.05) is 31.2 Å². The molecule has 0 saturated heterocycles. The zero-order chi connectivity index (χ0) is 12.1. The van der Waals surface area contributed by atoms with Gasteiger partial charge in [0.2, 0.25) is 0 Å². The topological polar surface area (TPSA) is 48.1 Å². The molecule has 0 aliphatic carbocycles. The van der Waals surface area contributed by atoms with Gasteiger partial charge in [-0.05, 0) is 19.1 Å². The highest BCUT2D eigenvalue weighted by atomic mass is 32.1. The third-order valence-electron chi connectivity index (χ3n) is 2.40. The zero-order valence-electron chi connectivity index (χ0n) is 9.85. The van der Waals surface area contributed by atoms with Crippen LogP contribution in [0.15, 0.2) is 29.6 Å². The summed E-state index contributed by atoms with van der Waals surface area (Å²) in [5.41, 5.74) is 8.59. The summed E-state index contributed by atoms with van der Waals surface area (Å²) < 4.78 is 5.32. The Morgan fingerprint density at radius 3 is 3.06 bits per heavy atom. The minimum Gasteiger partial charge on any atom is -0.399 e. The number of rotatable bonds is 5. The van der Waals surface area contributed by atoms with Crippen LogP contribution in [0.3, 0.4) is 0 Å². The van der Waals surface area contributed by atoms with Crippen molar-refractivity contribution in [1.29, 1.82) is 0 Å². The number of hydrogen-bond acceptors (Lipinski definition) is 4. The Balaban J connectivity index is 2.07. The van der Waals surface area contributed by atoms with Crippen LogP contribution >= 0.6 is 11.3 Å². The molecule has 1 aromatic carbocycles. The molecule has 4 heteroatoms. The molecule has 1 heterocycles. The van der Waals surface area contributed by atoms with E-state index in [9.17, 15) is 0 Å². The van der Waals surface area contributed by atoms with Crippen molar-refractivity contribution in [2.24, 2.45) is 0 Å². The lowest BCUT2D eigenvalue weighted by atomic mass is 10.1. The monoisotopic (exact) mass is 248 g/mol. The molecule has 2 N–H and O–H groups in total. The maximum atomic E-state index is 5.76. The molecular weight excluding hydrogens is 232 g/mol. The van der Waals surface area contributed by atoms with Crippen LogP contribution in [0.1, 0.15) is 11.9 Å². The van der Waals surface area contributed by atoms with Gasteiger partial charge in [0.25, 0.3) is 0 Å². The van der Waals surface area contributed by atoms with E-state index in [2.05, 4.69) is 10.4 Å². The molecule has 0 unspecified atom stereocenters. The molecule has 2 aromatic rings. The van der Waals surface area contributed by atoms with Gasteiger partial charge in [-0.3, -0.25) is 0 Å². The molecule has 0 fully saturated rings. The maximum Gasteiger partial charge on any atom is 0.0955 e. The molecule has 0 aliphatic heterocycles. The number of hydrogen-bond donors (Lipinski definition) is 1. The van der Waals surface area contributed by atoms with E-state index in [4.69, 9.17) is 10.5 Å². The van der Waals surface area contributed by atoms with E-state index in [1.54, 1.807) is 11.3 Å². The zero-order valence-corrected chi connectivity index (χ0v) is 10.7. The first-order valence-electron chi connectivity index (χ1n) is 5.67. The lowest BCUT2D eigenvalue weighted by molar-refractivity contribution is 0.151. The number of aromatic nitrogens is 1. The molecule has 17 heavy (non-hydrogen) atoms. The van der Waals surface area contributed by atoms with Crippen molar-refractivity contribution in [3.05, 3.63) is 34.7 Å². The summed E-state index contributed by atoms with van der Waals surface area (Å²) in [6, 6.07) is 7.80. The van der Waals surface area contributed by atoms with Crippen LogP contribution in [-0.4, -0.2) is 18.2 Å².